The molecule has 1 aliphatic rings. The van der Waals surface area contributed by atoms with Gasteiger partial charge in [0.1, 0.15) is 5.82 Å². The van der Waals surface area contributed by atoms with Gasteiger partial charge in [-0.1, -0.05) is 0 Å². The van der Waals surface area contributed by atoms with Crippen molar-refractivity contribution in [2.75, 3.05) is 32.9 Å². The molecule has 1 saturated heterocycles. The number of rotatable bonds is 2. The molecule has 1 amide bonds. The highest BCUT2D eigenvalue weighted by Crippen LogP contribution is 2.17. The Kier molecular flexibility index (Phi) is 3.81. The second kappa shape index (κ2) is 5.35. The molecule has 0 aromatic carbocycles. The van der Waals surface area contributed by atoms with Gasteiger partial charge in [-0.05, 0) is 38.6 Å². The Bertz CT molecular complexity index is 435. The maximum absolute atomic E-state index is 12.4. The number of aromatic nitrogens is 1. The van der Waals surface area contributed by atoms with Gasteiger partial charge in [0.25, 0.3) is 5.91 Å². The minimum absolute atomic E-state index is 0.0408. The number of hydrogen-bond donors (Lipinski definition) is 1. The molecule has 1 aromatic rings. The maximum Gasteiger partial charge on any atom is 0.257 e. The molecule has 98 valence electrons. The average Bonchev–Trinajstić information content (AvgIpc) is 2.37. The monoisotopic (exact) mass is 248 g/mol. The first kappa shape index (κ1) is 12.8. The number of carbonyl (C=O) groups excluding carboxylic acids is 1. The molecule has 0 bridgehead atoms. The summed E-state index contributed by atoms with van der Waals surface area (Å²) in [6.07, 6.45) is 3.77. The standard InChI is InChI=1S/C13H20N4O/c1-16-8-4-5-10(9-16)17(2)13(18)11-6-3-7-15-12(11)14/h3,6-7,10H,4-5,8-9H2,1-2H3,(H2,14,15). The van der Waals surface area contributed by atoms with Crippen LogP contribution in [0.5, 0.6) is 0 Å². The summed E-state index contributed by atoms with van der Waals surface area (Å²) in [6.45, 7) is 2.02. The van der Waals surface area contributed by atoms with Gasteiger partial charge in [-0.25, -0.2) is 4.98 Å². The highest BCUT2D eigenvalue weighted by Gasteiger charge is 2.26. The van der Waals surface area contributed by atoms with Crippen molar-refractivity contribution in [3.8, 4) is 0 Å². The number of likely N-dealkylation sites (N-methyl/N-ethyl adjacent to an activating group) is 2. The molecule has 0 aliphatic carbocycles. The van der Waals surface area contributed by atoms with Gasteiger partial charge in [0.15, 0.2) is 0 Å². The Labute approximate surface area is 108 Å². The molecule has 0 saturated carbocycles. The Morgan fingerprint density at radius 2 is 2.39 bits per heavy atom. The number of pyridine rings is 1. The van der Waals surface area contributed by atoms with E-state index in [0.29, 0.717) is 11.4 Å². The van der Waals surface area contributed by atoms with Crippen LogP contribution in [0.25, 0.3) is 0 Å². The third kappa shape index (κ3) is 2.61. The van der Waals surface area contributed by atoms with Crippen LogP contribution in [0.3, 0.4) is 0 Å². The largest absolute Gasteiger partial charge is 0.383 e. The number of likely N-dealkylation sites (tertiary alicyclic amines) is 1. The number of hydrogen-bond acceptors (Lipinski definition) is 4. The zero-order chi connectivity index (χ0) is 13.1. The Hall–Kier alpha value is -1.62. The molecular weight excluding hydrogens is 228 g/mol. The predicted octanol–water partition coefficient (Wildman–Crippen LogP) is 0.830. The van der Waals surface area contributed by atoms with Gasteiger partial charge < -0.3 is 15.5 Å². The van der Waals surface area contributed by atoms with Crippen LogP contribution in [0.2, 0.25) is 0 Å². The van der Waals surface area contributed by atoms with Crippen LogP contribution in [-0.2, 0) is 0 Å². The number of anilines is 1. The van der Waals surface area contributed by atoms with Crippen LogP contribution in [0.4, 0.5) is 5.82 Å². The molecule has 1 aliphatic heterocycles. The van der Waals surface area contributed by atoms with Gasteiger partial charge in [0.2, 0.25) is 0 Å². The minimum Gasteiger partial charge on any atom is -0.383 e. The highest BCUT2D eigenvalue weighted by molar-refractivity contribution is 5.98. The lowest BCUT2D eigenvalue weighted by molar-refractivity contribution is 0.0645. The summed E-state index contributed by atoms with van der Waals surface area (Å²) in [7, 11) is 3.93. The van der Waals surface area contributed by atoms with E-state index in [-0.39, 0.29) is 11.9 Å². The van der Waals surface area contributed by atoms with Crippen LogP contribution in [0, 0.1) is 0 Å². The van der Waals surface area contributed by atoms with Gasteiger partial charge in [-0.3, -0.25) is 4.79 Å². The van der Waals surface area contributed by atoms with Crippen molar-refractivity contribution in [2.45, 2.75) is 18.9 Å². The zero-order valence-corrected chi connectivity index (χ0v) is 11.0. The fraction of sp³-hybridized carbons (Fsp3) is 0.538. The predicted molar refractivity (Wildman–Crippen MR) is 71.3 cm³/mol. The summed E-state index contributed by atoms with van der Waals surface area (Å²) in [4.78, 5) is 20.4. The van der Waals surface area contributed by atoms with Gasteiger partial charge >= 0.3 is 0 Å². The molecule has 1 unspecified atom stereocenters. The molecule has 1 aromatic heterocycles. The third-order valence-corrected chi connectivity index (χ3v) is 3.54. The maximum atomic E-state index is 12.4. The molecule has 2 rings (SSSR count). The summed E-state index contributed by atoms with van der Waals surface area (Å²) in [5, 5.41) is 0. The lowest BCUT2D eigenvalue weighted by Crippen LogP contribution is -2.47. The van der Waals surface area contributed by atoms with E-state index in [0.717, 1.165) is 25.9 Å². The van der Waals surface area contributed by atoms with Crippen LogP contribution in [0.15, 0.2) is 18.3 Å². The average molecular weight is 248 g/mol. The quantitative estimate of drug-likeness (QED) is 0.842. The van der Waals surface area contributed by atoms with E-state index >= 15 is 0 Å². The highest BCUT2D eigenvalue weighted by atomic mass is 16.2. The van der Waals surface area contributed by atoms with Crippen molar-refractivity contribution in [3.63, 3.8) is 0 Å². The minimum atomic E-state index is -0.0408. The van der Waals surface area contributed by atoms with Gasteiger partial charge in [-0.15, -0.1) is 0 Å². The molecule has 1 fully saturated rings. The molecular formula is C13H20N4O. The first-order valence-corrected chi connectivity index (χ1v) is 6.26. The normalized spacial score (nSPS) is 20.7. The number of amides is 1. The molecule has 5 nitrogen and oxygen atoms in total. The Morgan fingerprint density at radius 3 is 3.06 bits per heavy atom. The zero-order valence-electron chi connectivity index (χ0n) is 11.0. The number of nitrogens with zero attached hydrogens (tertiary/aromatic N) is 3. The Morgan fingerprint density at radius 1 is 1.61 bits per heavy atom. The summed E-state index contributed by atoms with van der Waals surface area (Å²) in [5.41, 5.74) is 6.24. The lowest BCUT2D eigenvalue weighted by Gasteiger charge is -2.35. The summed E-state index contributed by atoms with van der Waals surface area (Å²) in [6, 6.07) is 3.73. The van der Waals surface area contributed by atoms with Crippen molar-refractivity contribution in [2.24, 2.45) is 0 Å². The van der Waals surface area contributed by atoms with E-state index < -0.39 is 0 Å². The van der Waals surface area contributed by atoms with E-state index in [1.54, 1.807) is 23.2 Å². The molecule has 1 atom stereocenters. The third-order valence-electron chi connectivity index (χ3n) is 3.54. The smallest absolute Gasteiger partial charge is 0.257 e. The van der Waals surface area contributed by atoms with Crippen LogP contribution in [-0.4, -0.2) is 53.9 Å². The SMILES string of the molecule is CN1CCCC(N(C)C(=O)c2cccnc2N)C1. The molecule has 0 spiro atoms. The van der Waals surface area contributed by atoms with E-state index in [1.165, 1.54) is 0 Å². The molecule has 18 heavy (non-hydrogen) atoms. The summed E-state index contributed by atoms with van der Waals surface area (Å²) in [5.74, 6) is 0.263. The summed E-state index contributed by atoms with van der Waals surface area (Å²) < 4.78 is 0. The van der Waals surface area contributed by atoms with Gasteiger partial charge in [0.05, 0.1) is 5.56 Å². The van der Waals surface area contributed by atoms with E-state index in [9.17, 15) is 4.79 Å². The molecule has 2 N–H and O–H groups in total. The van der Waals surface area contributed by atoms with Crippen molar-refractivity contribution in [1.82, 2.24) is 14.8 Å². The Balaban J connectivity index is 2.11. The van der Waals surface area contributed by atoms with Crippen LogP contribution in [0.1, 0.15) is 23.2 Å². The van der Waals surface area contributed by atoms with Crippen molar-refractivity contribution in [3.05, 3.63) is 23.9 Å². The molecule has 5 heteroatoms. The van der Waals surface area contributed by atoms with E-state index in [2.05, 4.69) is 16.9 Å². The van der Waals surface area contributed by atoms with Crippen LogP contribution >= 0.6 is 0 Å². The first-order valence-electron chi connectivity index (χ1n) is 6.26. The van der Waals surface area contributed by atoms with Crippen molar-refractivity contribution < 1.29 is 4.79 Å². The van der Waals surface area contributed by atoms with E-state index in [1.807, 2.05) is 7.05 Å². The second-order valence-electron chi connectivity index (χ2n) is 4.91. The van der Waals surface area contributed by atoms with Crippen molar-refractivity contribution in [1.29, 1.82) is 0 Å². The number of piperidine rings is 1. The fourth-order valence-corrected chi connectivity index (χ4v) is 2.41. The van der Waals surface area contributed by atoms with Crippen LogP contribution < -0.4 is 5.73 Å². The topological polar surface area (TPSA) is 62.5 Å². The van der Waals surface area contributed by atoms with Gasteiger partial charge in [-0.2, -0.15) is 0 Å². The number of nitrogens with two attached hydrogens (primary N) is 1. The van der Waals surface area contributed by atoms with Crippen molar-refractivity contribution >= 4 is 11.7 Å². The van der Waals surface area contributed by atoms with E-state index in [4.69, 9.17) is 5.73 Å². The molecule has 2 heterocycles. The summed E-state index contributed by atoms with van der Waals surface area (Å²) >= 11 is 0. The lowest BCUT2D eigenvalue weighted by atomic mass is 10.0. The number of carbonyl (C=O) groups is 1. The first-order chi connectivity index (χ1) is 8.59. The molecule has 0 radical (unpaired) electrons. The fourth-order valence-electron chi connectivity index (χ4n) is 2.41. The second-order valence-corrected chi connectivity index (χ2v) is 4.91. The van der Waals surface area contributed by atoms with Gasteiger partial charge in [0, 0.05) is 25.8 Å². The number of nitrogen functional groups attached to an aromatic ring is 1.